The Morgan fingerprint density at radius 3 is 1.45 bits per heavy atom. The zero-order valence-corrected chi connectivity index (χ0v) is 14.8. The van der Waals surface area contributed by atoms with Gasteiger partial charge in [0, 0.05) is 0 Å². The van der Waals surface area contributed by atoms with E-state index in [1.165, 1.54) is 83.5 Å². The van der Waals surface area contributed by atoms with Crippen LogP contribution in [0.5, 0.6) is 0 Å². The molecule has 0 aliphatic rings. The van der Waals surface area contributed by atoms with E-state index in [4.69, 9.17) is 0 Å². The molecule has 0 spiro atoms. The molecule has 0 aromatic rings. The van der Waals surface area contributed by atoms with Crippen LogP contribution < -0.4 is 0 Å². The van der Waals surface area contributed by atoms with E-state index in [2.05, 4.69) is 27.7 Å². The van der Waals surface area contributed by atoms with Gasteiger partial charge in [0.05, 0.1) is 0 Å². The molecule has 0 rings (SSSR count). The molecule has 0 aliphatic heterocycles. The van der Waals surface area contributed by atoms with Crippen LogP contribution in [0.1, 0.15) is 111 Å². The summed E-state index contributed by atoms with van der Waals surface area (Å²) in [5, 5.41) is 0. The maximum Gasteiger partial charge on any atom is -0.0443 e. The summed E-state index contributed by atoms with van der Waals surface area (Å²) in [6.45, 7) is 11.1. The van der Waals surface area contributed by atoms with Gasteiger partial charge in [-0.2, -0.15) is 0 Å². The molecule has 121 valence electrons. The first-order valence-electron chi connectivity index (χ1n) is 9.49. The van der Waals surface area contributed by atoms with Crippen LogP contribution in [0.2, 0.25) is 0 Å². The van der Waals surface area contributed by atoms with Crippen LogP contribution in [0.3, 0.4) is 0 Å². The van der Waals surface area contributed by atoms with Gasteiger partial charge >= 0.3 is 0 Å². The van der Waals surface area contributed by atoms with Crippen molar-refractivity contribution in [1.29, 1.82) is 0 Å². The normalized spacial score (nSPS) is 14.4. The summed E-state index contributed by atoms with van der Waals surface area (Å²) in [6, 6.07) is 0. The van der Waals surface area contributed by atoms with Gasteiger partial charge in [0.1, 0.15) is 0 Å². The molecular formula is C20H41. The first kappa shape index (κ1) is 20.0. The lowest BCUT2D eigenvalue weighted by Crippen LogP contribution is -1.96. The van der Waals surface area contributed by atoms with E-state index in [0.717, 1.165) is 18.3 Å². The van der Waals surface area contributed by atoms with Crippen molar-refractivity contribution >= 4 is 0 Å². The molecule has 0 aromatic heterocycles. The van der Waals surface area contributed by atoms with Crippen LogP contribution in [0.4, 0.5) is 0 Å². The number of unbranched alkanes of at least 4 members (excludes halogenated alkanes) is 8. The third kappa shape index (κ3) is 14.4. The summed E-state index contributed by atoms with van der Waals surface area (Å²) in [5.41, 5.74) is 0. The Balaban J connectivity index is 3.18. The first-order chi connectivity index (χ1) is 9.70. The highest BCUT2D eigenvalue weighted by Gasteiger charge is 2.03. The Morgan fingerprint density at radius 1 is 0.600 bits per heavy atom. The van der Waals surface area contributed by atoms with Gasteiger partial charge in [0.15, 0.2) is 0 Å². The van der Waals surface area contributed by atoms with Crippen LogP contribution in [-0.2, 0) is 0 Å². The van der Waals surface area contributed by atoms with Crippen LogP contribution >= 0.6 is 0 Å². The van der Waals surface area contributed by atoms with Crippen molar-refractivity contribution in [2.45, 2.75) is 111 Å². The van der Waals surface area contributed by atoms with E-state index in [1.807, 2.05) is 0 Å². The minimum absolute atomic E-state index is 0.835. The van der Waals surface area contributed by atoms with Crippen LogP contribution in [0.25, 0.3) is 0 Å². The minimum atomic E-state index is 0.835. The predicted octanol–water partition coefficient (Wildman–Crippen LogP) is 7.57. The van der Waals surface area contributed by atoms with E-state index in [0.29, 0.717) is 0 Å². The van der Waals surface area contributed by atoms with E-state index in [-0.39, 0.29) is 0 Å². The summed E-state index contributed by atoms with van der Waals surface area (Å²) in [6.07, 6.45) is 19.8. The molecule has 0 nitrogen and oxygen atoms in total. The molecule has 0 N–H and O–H groups in total. The quantitative estimate of drug-likeness (QED) is 0.271. The Bertz CT molecular complexity index is 173. The highest BCUT2D eigenvalue weighted by Crippen LogP contribution is 2.19. The number of hydrogen-bond donors (Lipinski definition) is 0. The molecule has 0 aliphatic carbocycles. The molecule has 0 fully saturated rings. The largest absolute Gasteiger partial charge is 0.0654 e. The average Bonchev–Trinajstić information content (AvgIpc) is 2.46. The lowest BCUT2D eigenvalue weighted by Gasteiger charge is -2.11. The number of rotatable bonds is 15. The van der Waals surface area contributed by atoms with Gasteiger partial charge in [-0.15, -0.1) is 0 Å². The Labute approximate surface area is 130 Å². The molecule has 2 unspecified atom stereocenters. The zero-order valence-electron chi connectivity index (χ0n) is 14.8. The summed E-state index contributed by atoms with van der Waals surface area (Å²) in [7, 11) is 0. The zero-order chi connectivity index (χ0) is 15.1. The second-order valence-corrected chi connectivity index (χ2v) is 7.05. The first-order valence-corrected chi connectivity index (χ1v) is 9.49. The molecule has 0 saturated carbocycles. The van der Waals surface area contributed by atoms with Crippen molar-refractivity contribution < 1.29 is 0 Å². The van der Waals surface area contributed by atoms with Gasteiger partial charge in [0.25, 0.3) is 0 Å². The monoisotopic (exact) mass is 281 g/mol. The van der Waals surface area contributed by atoms with Crippen molar-refractivity contribution in [3.05, 3.63) is 6.92 Å². The minimum Gasteiger partial charge on any atom is -0.0654 e. The molecular weight excluding hydrogens is 240 g/mol. The van der Waals surface area contributed by atoms with Crippen LogP contribution in [0.15, 0.2) is 0 Å². The smallest absolute Gasteiger partial charge is 0.0443 e. The third-order valence-corrected chi connectivity index (χ3v) is 4.69. The van der Waals surface area contributed by atoms with Crippen molar-refractivity contribution in [3.8, 4) is 0 Å². The van der Waals surface area contributed by atoms with Crippen molar-refractivity contribution in [2.24, 2.45) is 11.8 Å². The third-order valence-electron chi connectivity index (χ3n) is 4.69. The van der Waals surface area contributed by atoms with Gasteiger partial charge in [-0.1, -0.05) is 118 Å². The van der Waals surface area contributed by atoms with Gasteiger partial charge in [-0.3, -0.25) is 0 Å². The second-order valence-electron chi connectivity index (χ2n) is 7.05. The maximum atomic E-state index is 3.98. The fourth-order valence-corrected chi connectivity index (χ4v) is 2.90. The Kier molecular flexibility index (Phi) is 15.4. The number of hydrogen-bond acceptors (Lipinski definition) is 0. The lowest BCUT2D eigenvalue weighted by atomic mass is 9.95. The van der Waals surface area contributed by atoms with Crippen LogP contribution in [0, 0.1) is 18.8 Å². The van der Waals surface area contributed by atoms with E-state index in [1.54, 1.807) is 0 Å². The Hall–Kier alpha value is 0. The Morgan fingerprint density at radius 2 is 1.00 bits per heavy atom. The van der Waals surface area contributed by atoms with Crippen molar-refractivity contribution in [2.75, 3.05) is 0 Å². The van der Waals surface area contributed by atoms with Gasteiger partial charge < -0.3 is 0 Å². The van der Waals surface area contributed by atoms with Gasteiger partial charge in [-0.05, 0) is 11.8 Å². The summed E-state index contributed by atoms with van der Waals surface area (Å²) in [4.78, 5) is 0. The standard InChI is InChI=1S/C20H41/c1-5-7-8-9-10-14-17-20(4)18-15-12-11-13-16-19(3)6-2/h19-20H,2,5-18H2,1,3-4H3. The fourth-order valence-electron chi connectivity index (χ4n) is 2.90. The molecule has 1 radical (unpaired) electrons. The molecule has 2 atom stereocenters. The predicted molar refractivity (Wildman–Crippen MR) is 94.0 cm³/mol. The maximum absolute atomic E-state index is 3.98. The molecule has 0 heterocycles. The summed E-state index contributed by atoms with van der Waals surface area (Å²) in [5.74, 6) is 1.79. The second kappa shape index (κ2) is 15.4. The van der Waals surface area contributed by atoms with Gasteiger partial charge in [-0.25, -0.2) is 0 Å². The molecule has 0 amide bonds. The van der Waals surface area contributed by atoms with E-state index >= 15 is 0 Å². The van der Waals surface area contributed by atoms with E-state index in [9.17, 15) is 0 Å². The molecule has 0 saturated heterocycles. The highest BCUT2D eigenvalue weighted by molar-refractivity contribution is 4.57. The SMILES string of the molecule is [CH2]CC(C)CCCCCCC(C)CCCCCCCC. The molecule has 0 heteroatoms. The topological polar surface area (TPSA) is 0 Å². The average molecular weight is 282 g/mol. The van der Waals surface area contributed by atoms with E-state index < -0.39 is 0 Å². The van der Waals surface area contributed by atoms with Crippen molar-refractivity contribution in [1.82, 2.24) is 0 Å². The lowest BCUT2D eigenvalue weighted by molar-refractivity contribution is 0.425. The summed E-state index contributed by atoms with van der Waals surface area (Å²) < 4.78 is 0. The van der Waals surface area contributed by atoms with Crippen molar-refractivity contribution in [3.63, 3.8) is 0 Å². The van der Waals surface area contributed by atoms with Crippen LogP contribution in [-0.4, -0.2) is 0 Å². The molecule has 20 heavy (non-hydrogen) atoms. The summed E-state index contributed by atoms with van der Waals surface area (Å²) >= 11 is 0. The molecule has 0 aromatic carbocycles. The fraction of sp³-hybridized carbons (Fsp3) is 0.950. The van der Waals surface area contributed by atoms with Gasteiger partial charge in [0.2, 0.25) is 0 Å². The molecule has 0 bridgehead atoms. The highest BCUT2D eigenvalue weighted by atomic mass is 14.1.